The molecule has 0 aliphatic carbocycles. The number of aromatic nitrogens is 2. The lowest BCUT2D eigenvalue weighted by Gasteiger charge is -2.28. The topological polar surface area (TPSA) is 30.3 Å². The Balaban J connectivity index is 2.07. The molecule has 2 heterocycles. The minimum atomic E-state index is 0.770. The molecule has 94 valence electrons. The second-order valence-electron chi connectivity index (χ2n) is 4.09. The van der Waals surface area contributed by atoms with E-state index in [0.717, 1.165) is 36.3 Å². The highest BCUT2D eigenvalue weighted by Crippen LogP contribution is 2.28. The first kappa shape index (κ1) is 12.9. The molecule has 0 N–H and O–H groups in total. The zero-order chi connectivity index (χ0) is 12.4. The molecule has 0 saturated carbocycles. The van der Waals surface area contributed by atoms with Crippen LogP contribution in [0.1, 0.15) is 11.4 Å². The molecule has 1 saturated heterocycles. The van der Waals surface area contributed by atoms with Gasteiger partial charge in [0.2, 0.25) is 0 Å². The van der Waals surface area contributed by atoms with Crippen LogP contribution in [0.3, 0.4) is 0 Å². The van der Waals surface area contributed by atoms with Crippen molar-refractivity contribution in [2.75, 3.05) is 26.3 Å². The molecule has 0 amide bonds. The van der Waals surface area contributed by atoms with Crippen LogP contribution in [0.5, 0.6) is 0 Å². The first-order valence-electron chi connectivity index (χ1n) is 5.64. The summed E-state index contributed by atoms with van der Waals surface area (Å²) in [6.07, 6.45) is 0. The van der Waals surface area contributed by atoms with Gasteiger partial charge in [0.25, 0.3) is 0 Å². The predicted octanol–water partition coefficient (Wildman–Crippen LogP) is 1.75. The number of nitrogens with zero attached hydrogens (tertiary/aromatic N) is 3. The molecule has 0 aromatic carbocycles. The maximum Gasteiger partial charge on any atom is 0.141 e. The van der Waals surface area contributed by atoms with Gasteiger partial charge in [-0.15, -0.1) is 0 Å². The molecule has 0 spiro atoms. The van der Waals surface area contributed by atoms with Crippen molar-refractivity contribution in [1.82, 2.24) is 14.7 Å². The zero-order valence-electron chi connectivity index (χ0n) is 10.4. The number of ether oxygens (including phenoxy) is 1. The lowest BCUT2D eigenvalue weighted by Crippen LogP contribution is -2.38. The monoisotopic (exact) mass is 271 g/mol. The largest absolute Gasteiger partial charge is 0.378 e. The number of aryl methyl sites for hydroxylation is 2. The van der Waals surface area contributed by atoms with Crippen LogP contribution in [0, 0.1) is 13.8 Å². The van der Waals surface area contributed by atoms with E-state index in [2.05, 4.69) is 16.9 Å². The Morgan fingerprint density at radius 3 is 2.53 bits per heavy atom. The molecule has 1 aliphatic rings. The van der Waals surface area contributed by atoms with E-state index >= 15 is 0 Å². The molecule has 17 heavy (non-hydrogen) atoms. The van der Waals surface area contributed by atoms with Gasteiger partial charge in [-0.25, -0.2) is 0 Å². The number of hydrogen-bond donors (Lipinski definition) is 0. The van der Waals surface area contributed by atoms with Crippen LogP contribution in [-0.4, -0.2) is 45.3 Å². The Labute approximate surface area is 111 Å². The Bertz CT molecular complexity index is 425. The van der Waals surface area contributed by atoms with Crippen molar-refractivity contribution in [1.29, 1.82) is 0 Å². The van der Waals surface area contributed by atoms with Gasteiger partial charge in [0, 0.05) is 25.8 Å². The summed E-state index contributed by atoms with van der Waals surface area (Å²) in [7, 11) is 1.96. The van der Waals surface area contributed by atoms with Crippen LogP contribution < -0.4 is 0 Å². The van der Waals surface area contributed by atoms with E-state index in [1.165, 1.54) is 10.6 Å². The van der Waals surface area contributed by atoms with E-state index in [1.54, 1.807) is 11.8 Å². The SMILES string of the molecule is Cc1nn(C)c(C)c1SC(=S)N1CCOCC1. The van der Waals surface area contributed by atoms with Gasteiger partial charge in [-0.1, -0.05) is 24.0 Å². The number of thioether (sulfide) groups is 1. The highest BCUT2D eigenvalue weighted by Gasteiger charge is 2.18. The van der Waals surface area contributed by atoms with Gasteiger partial charge in [0.15, 0.2) is 0 Å². The summed E-state index contributed by atoms with van der Waals surface area (Å²) < 4.78 is 8.15. The van der Waals surface area contributed by atoms with Crippen LogP contribution in [0.25, 0.3) is 0 Å². The van der Waals surface area contributed by atoms with E-state index in [4.69, 9.17) is 17.0 Å². The summed E-state index contributed by atoms with van der Waals surface area (Å²) in [4.78, 5) is 3.39. The second kappa shape index (κ2) is 5.37. The lowest BCUT2D eigenvalue weighted by atomic mass is 10.4. The van der Waals surface area contributed by atoms with Crippen LogP contribution >= 0.6 is 24.0 Å². The number of rotatable bonds is 1. The van der Waals surface area contributed by atoms with Crippen molar-refractivity contribution in [3.63, 3.8) is 0 Å². The van der Waals surface area contributed by atoms with Crippen molar-refractivity contribution < 1.29 is 4.74 Å². The molecule has 1 aliphatic heterocycles. The number of hydrogen-bond acceptors (Lipinski definition) is 4. The summed E-state index contributed by atoms with van der Waals surface area (Å²) in [6.45, 7) is 7.42. The van der Waals surface area contributed by atoms with Gasteiger partial charge in [-0.2, -0.15) is 5.10 Å². The smallest absolute Gasteiger partial charge is 0.141 e. The molecule has 2 rings (SSSR count). The van der Waals surface area contributed by atoms with Gasteiger partial charge in [0.1, 0.15) is 4.32 Å². The highest BCUT2D eigenvalue weighted by molar-refractivity contribution is 8.23. The van der Waals surface area contributed by atoms with Crippen molar-refractivity contribution in [3.8, 4) is 0 Å². The minimum Gasteiger partial charge on any atom is -0.378 e. The quantitative estimate of drug-likeness (QED) is 0.573. The van der Waals surface area contributed by atoms with Crippen LogP contribution in [0.4, 0.5) is 0 Å². The standard InChI is InChI=1S/C11H17N3OS2/c1-8-10(9(2)13(3)12-8)17-11(16)14-4-6-15-7-5-14/h4-7H2,1-3H3. The van der Waals surface area contributed by atoms with Crippen LogP contribution in [0.15, 0.2) is 4.90 Å². The molecule has 1 aromatic rings. The van der Waals surface area contributed by atoms with Crippen molar-refractivity contribution >= 4 is 28.3 Å². The van der Waals surface area contributed by atoms with Gasteiger partial charge in [-0.05, 0) is 13.8 Å². The Morgan fingerprint density at radius 2 is 2.00 bits per heavy atom. The van der Waals surface area contributed by atoms with Crippen LogP contribution in [-0.2, 0) is 11.8 Å². The molecule has 1 aromatic heterocycles. The normalized spacial score (nSPS) is 16.3. The summed E-state index contributed by atoms with van der Waals surface area (Å²) in [6, 6.07) is 0. The highest BCUT2D eigenvalue weighted by atomic mass is 32.2. The molecule has 6 heteroatoms. The molecular formula is C11H17N3OS2. The average molecular weight is 271 g/mol. The number of thiocarbonyl (C=S) groups is 1. The van der Waals surface area contributed by atoms with E-state index < -0.39 is 0 Å². The Hall–Kier alpha value is -0.590. The van der Waals surface area contributed by atoms with Gasteiger partial charge in [-0.3, -0.25) is 4.68 Å². The fourth-order valence-corrected chi connectivity index (χ4v) is 3.19. The zero-order valence-corrected chi connectivity index (χ0v) is 12.0. The van der Waals surface area contributed by atoms with E-state index in [-0.39, 0.29) is 0 Å². The van der Waals surface area contributed by atoms with Crippen molar-refractivity contribution in [2.45, 2.75) is 18.7 Å². The second-order valence-corrected chi connectivity index (χ2v) is 5.74. The molecule has 0 radical (unpaired) electrons. The van der Waals surface area contributed by atoms with Crippen molar-refractivity contribution in [2.24, 2.45) is 7.05 Å². The molecule has 0 unspecified atom stereocenters. The Morgan fingerprint density at radius 1 is 1.35 bits per heavy atom. The summed E-state index contributed by atoms with van der Waals surface area (Å²) in [5, 5.41) is 4.40. The third-order valence-corrected chi connectivity index (χ3v) is 4.64. The maximum atomic E-state index is 5.48. The van der Waals surface area contributed by atoms with Crippen molar-refractivity contribution in [3.05, 3.63) is 11.4 Å². The minimum absolute atomic E-state index is 0.770. The van der Waals surface area contributed by atoms with E-state index in [9.17, 15) is 0 Å². The van der Waals surface area contributed by atoms with Gasteiger partial charge >= 0.3 is 0 Å². The Kier molecular flexibility index (Phi) is 4.06. The fourth-order valence-electron chi connectivity index (χ4n) is 1.80. The lowest BCUT2D eigenvalue weighted by molar-refractivity contribution is 0.0702. The maximum absolute atomic E-state index is 5.48. The van der Waals surface area contributed by atoms with Gasteiger partial charge in [0.05, 0.1) is 23.8 Å². The predicted molar refractivity (Wildman–Crippen MR) is 73.5 cm³/mol. The molecule has 0 atom stereocenters. The van der Waals surface area contributed by atoms with Crippen LogP contribution in [0.2, 0.25) is 0 Å². The fraction of sp³-hybridized carbons (Fsp3) is 0.636. The average Bonchev–Trinajstić information content (AvgIpc) is 2.57. The first-order chi connectivity index (χ1) is 8.09. The first-order valence-corrected chi connectivity index (χ1v) is 6.86. The third-order valence-electron chi connectivity index (χ3n) is 2.90. The van der Waals surface area contributed by atoms with E-state index in [1.807, 2.05) is 18.7 Å². The molecular weight excluding hydrogens is 254 g/mol. The molecule has 0 bridgehead atoms. The third kappa shape index (κ3) is 2.81. The summed E-state index contributed by atoms with van der Waals surface area (Å²) in [5.74, 6) is 0. The molecule has 1 fully saturated rings. The molecule has 4 nitrogen and oxygen atoms in total. The number of morpholine rings is 1. The van der Waals surface area contributed by atoms with E-state index in [0.29, 0.717) is 0 Å². The van der Waals surface area contributed by atoms with Gasteiger partial charge < -0.3 is 9.64 Å². The summed E-state index contributed by atoms with van der Waals surface area (Å²) in [5.41, 5.74) is 2.22. The summed E-state index contributed by atoms with van der Waals surface area (Å²) >= 11 is 7.12.